The fourth-order valence-corrected chi connectivity index (χ4v) is 2.26. The van der Waals surface area contributed by atoms with Crippen LogP contribution < -0.4 is 0 Å². The van der Waals surface area contributed by atoms with E-state index in [1.165, 1.54) is 16.2 Å². The van der Waals surface area contributed by atoms with Crippen LogP contribution in [0.3, 0.4) is 0 Å². The molecule has 0 saturated carbocycles. The fraction of sp³-hybridized carbons (Fsp3) is 0.263. The molecule has 5 heteroatoms. The highest BCUT2D eigenvalue weighted by Gasteiger charge is 2.00. The largest absolute Gasteiger partial charge is 0.481 e. The summed E-state index contributed by atoms with van der Waals surface area (Å²) in [6.07, 6.45) is 2.04. The van der Waals surface area contributed by atoms with Crippen LogP contribution in [-0.4, -0.2) is 24.2 Å². The molecule has 0 aliphatic rings. The number of carbonyl (C=O) groups is 2. The van der Waals surface area contributed by atoms with Gasteiger partial charge in [-0.3, -0.25) is 9.59 Å². The second-order valence-electron chi connectivity index (χ2n) is 5.08. The van der Waals surface area contributed by atoms with Gasteiger partial charge in [0.1, 0.15) is 0 Å². The minimum atomic E-state index is -0.742. The number of rotatable bonds is 6. The molecule has 4 nitrogen and oxygen atoms in total. The second kappa shape index (κ2) is 11.6. The molecule has 0 aliphatic heterocycles. The van der Waals surface area contributed by atoms with Gasteiger partial charge in [0.25, 0.3) is 0 Å². The number of benzene rings is 2. The topological polar surface area (TPSA) is 63.6 Å². The summed E-state index contributed by atoms with van der Waals surface area (Å²) < 4.78 is 5.76. The molecule has 0 atom stereocenters. The smallest absolute Gasteiger partial charge is 0.305 e. The minimum absolute atomic E-state index is 0.154. The number of esters is 1. The number of methoxy groups -OCH3 is 1. The van der Waals surface area contributed by atoms with Crippen molar-refractivity contribution in [1.82, 2.24) is 0 Å². The SMILES string of the molecule is COC(=O)CCc1ccc(I)cc1.O=C(O)CCc1ccccc1. The Morgan fingerprint density at radius 3 is 2.00 bits per heavy atom. The maximum Gasteiger partial charge on any atom is 0.305 e. The van der Waals surface area contributed by atoms with Crippen molar-refractivity contribution in [3.8, 4) is 0 Å². The highest BCUT2D eigenvalue weighted by Crippen LogP contribution is 2.08. The Morgan fingerprint density at radius 2 is 1.46 bits per heavy atom. The van der Waals surface area contributed by atoms with Gasteiger partial charge in [0.05, 0.1) is 7.11 Å². The van der Waals surface area contributed by atoms with Crippen molar-refractivity contribution in [3.63, 3.8) is 0 Å². The maximum atomic E-state index is 10.8. The molecule has 0 fully saturated rings. The van der Waals surface area contributed by atoms with Crippen molar-refractivity contribution >= 4 is 34.5 Å². The molecule has 2 aromatic carbocycles. The predicted molar refractivity (Wildman–Crippen MR) is 102 cm³/mol. The zero-order chi connectivity index (χ0) is 17.8. The quantitative estimate of drug-likeness (QED) is 0.543. The molecular weight excluding hydrogens is 419 g/mol. The minimum Gasteiger partial charge on any atom is -0.481 e. The average Bonchev–Trinajstić information content (AvgIpc) is 2.60. The molecule has 0 bridgehead atoms. The molecule has 0 spiro atoms. The van der Waals surface area contributed by atoms with Gasteiger partial charge in [-0.1, -0.05) is 42.5 Å². The number of carboxylic acid groups (broad SMARTS) is 1. The molecular formula is C19H21IO4. The first-order valence-corrected chi connectivity index (χ1v) is 8.66. The molecule has 0 radical (unpaired) electrons. The van der Waals surface area contributed by atoms with Gasteiger partial charge < -0.3 is 9.84 Å². The number of hydrogen-bond acceptors (Lipinski definition) is 3. The van der Waals surface area contributed by atoms with Gasteiger partial charge in [-0.25, -0.2) is 0 Å². The van der Waals surface area contributed by atoms with Crippen molar-refractivity contribution in [2.24, 2.45) is 0 Å². The lowest BCUT2D eigenvalue weighted by atomic mass is 10.1. The first-order chi connectivity index (χ1) is 11.5. The van der Waals surface area contributed by atoms with Gasteiger partial charge in [-0.15, -0.1) is 0 Å². The van der Waals surface area contributed by atoms with Crippen molar-refractivity contribution in [3.05, 3.63) is 69.3 Å². The fourth-order valence-electron chi connectivity index (χ4n) is 1.90. The Labute approximate surface area is 156 Å². The Balaban J connectivity index is 0.000000243. The van der Waals surface area contributed by atoms with Crippen LogP contribution in [0.15, 0.2) is 54.6 Å². The van der Waals surface area contributed by atoms with Crippen LogP contribution in [-0.2, 0) is 27.2 Å². The number of carboxylic acids is 1. The average molecular weight is 440 g/mol. The molecule has 0 aromatic heterocycles. The van der Waals surface area contributed by atoms with Crippen LogP contribution in [0.25, 0.3) is 0 Å². The van der Waals surface area contributed by atoms with E-state index in [0.717, 1.165) is 12.0 Å². The lowest BCUT2D eigenvalue weighted by molar-refractivity contribution is -0.140. The standard InChI is InChI=1S/C10H11IO2.C9H10O2/c1-13-10(12)7-4-8-2-5-9(11)6-3-8;10-9(11)7-6-8-4-2-1-3-5-8/h2-3,5-6H,4,7H2,1H3;1-5H,6-7H2,(H,10,11). The molecule has 0 aliphatic carbocycles. The number of aryl methyl sites for hydroxylation is 2. The van der Waals surface area contributed by atoms with E-state index in [9.17, 15) is 9.59 Å². The van der Waals surface area contributed by atoms with Gasteiger partial charge in [-0.2, -0.15) is 0 Å². The van der Waals surface area contributed by atoms with E-state index in [-0.39, 0.29) is 12.4 Å². The molecule has 2 aromatic rings. The first kappa shape index (κ1) is 20.2. The molecule has 2 rings (SSSR count). The van der Waals surface area contributed by atoms with Crippen LogP contribution in [0, 0.1) is 3.57 Å². The van der Waals surface area contributed by atoms with E-state index in [4.69, 9.17) is 5.11 Å². The highest BCUT2D eigenvalue weighted by atomic mass is 127. The van der Waals surface area contributed by atoms with Gasteiger partial charge >= 0.3 is 11.9 Å². The van der Waals surface area contributed by atoms with E-state index in [2.05, 4.69) is 27.3 Å². The zero-order valence-electron chi connectivity index (χ0n) is 13.6. The summed E-state index contributed by atoms with van der Waals surface area (Å²) in [6.45, 7) is 0. The van der Waals surface area contributed by atoms with E-state index < -0.39 is 5.97 Å². The first-order valence-electron chi connectivity index (χ1n) is 7.58. The number of carbonyl (C=O) groups excluding carboxylic acids is 1. The molecule has 0 unspecified atom stereocenters. The lowest BCUT2D eigenvalue weighted by Crippen LogP contribution is -2.01. The molecule has 1 N–H and O–H groups in total. The monoisotopic (exact) mass is 440 g/mol. The molecule has 0 heterocycles. The lowest BCUT2D eigenvalue weighted by Gasteiger charge is -2.00. The van der Waals surface area contributed by atoms with E-state index in [1.54, 1.807) is 0 Å². The second-order valence-corrected chi connectivity index (χ2v) is 6.33. The number of ether oxygens (including phenoxy) is 1. The van der Waals surface area contributed by atoms with E-state index >= 15 is 0 Å². The molecule has 24 heavy (non-hydrogen) atoms. The highest BCUT2D eigenvalue weighted by molar-refractivity contribution is 14.1. The number of hydrogen-bond donors (Lipinski definition) is 1. The summed E-state index contributed by atoms with van der Waals surface area (Å²) in [4.78, 5) is 21.0. The Morgan fingerprint density at radius 1 is 0.917 bits per heavy atom. The Hall–Kier alpha value is -1.89. The van der Waals surface area contributed by atoms with Crippen molar-refractivity contribution in [2.75, 3.05) is 7.11 Å². The third-order valence-corrected chi connectivity index (χ3v) is 3.95. The van der Waals surface area contributed by atoms with Crippen LogP contribution in [0.2, 0.25) is 0 Å². The van der Waals surface area contributed by atoms with Crippen LogP contribution in [0.1, 0.15) is 24.0 Å². The van der Waals surface area contributed by atoms with Crippen molar-refractivity contribution in [1.29, 1.82) is 0 Å². The molecule has 0 amide bonds. The third kappa shape index (κ3) is 9.29. The predicted octanol–water partition coefficient (Wildman–Crippen LogP) is 4.10. The summed E-state index contributed by atoms with van der Waals surface area (Å²) >= 11 is 2.25. The van der Waals surface area contributed by atoms with E-state index in [0.29, 0.717) is 12.8 Å². The number of aliphatic carboxylic acids is 1. The van der Waals surface area contributed by atoms with Gasteiger partial charge in [-0.05, 0) is 58.7 Å². The normalized spacial score (nSPS) is 9.58. The molecule has 0 saturated heterocycles. The third-order valence-electron chi connectivity index (χ3n) is 3.23. The summed E-state index contributed by atoms with van der Waals surface area (Å²) in [6, 6.07) is 17.8. The Kier molecular flexibility index (Phi) is 9.76. The summed E-state index contributed by atoms with van der Waals surface area (Å²) in [7, 11) is 1.41. The summed E-state index contributed by atoms with van der Waals surface area (Å²) in [5, 5.41) is 8.37. The van der Waals surface area contributed by atoms with Gasteiger partial charge in [0.2, 0.25) is 0 Å². The van der Waals surface area contributed by atoms with Crippen molar-refractivity contribution in [2.45, 2.75) is 25.7 Å². The molecule has 128 valence electrons. The zero-order valence-corrected chi connectivity index (χ0v) is 15.7. The Bertz CT molecular complexity index is 624. The van der Waals surface area contributed by atoms with Crippen LogP contribution in [0.5, 0.6) is 0 Å². The summed E-state index contributed by atoms with van der Waals surface area (Å²) in [5.41, 5.74) is 2.25. The van der Waals surface area contributed by atoms with Gasteiger partial charge in [0.15, 0.2) is 0 Å². The van der Waals surface area contributed by atoms with Crippen molar-refractivity contribution < 1.29 is 19.4 Å². The van der Waals surface area contributed by atoms with Gasteiger partial charge in [0, 0.05) is 16.4 Å². The van der Waals surface area contributed by atoms with Crippen LogP contribution >= 0.6 is 22.6 Å². The maximum absolute atomic E-state index is 10.8. The van der Waals surface area contributed by atoms with Crippen LogP contribution in [0.4, 0.5) is 0 Å². The number of halogens is 1. The summed E-state index contributed by atoms with van der Waals surface area (Å²) in [5.74, 6) is -0.896. The van der Waals surface area contributed by atoms with E-state index in [1.807, 2.05) is 54.6 Å².